The first kappa shape index (κ1) is 21.3. The molecule has 2 aromatic carbocycles. The van der Waals surface area contributed by atoms with Crippen molar-refractivity contribution < 1.29 is 17.9 Å². The van der Waals surface area contributed by atoms with Crippen LogP contribution in [0.25, 0.3) is 0 Å². The summed E-state index contributed by atoms with van der Waals surface area (Å²) in [7, 11) is -2.24. The molecule has 1 aliphatic heterocycles. The highest BCUT2D eigenvalue weighted by molar-refractivity contribution is 7.89. The second-order valence-corrected chi connectivity index (χ2v) is 9.24. The van der Waals surface area contributed by atoms with Gasteiger partial charge in [0, 0.05) is 19.6 Å². The van der Waals surface area contributed by atoms with Gasteiger partial charge in [-0.1, -0.05) is 37.3 Å². The zero-order chi connectivity index (χ0) is 20.9. The number of amides is 1. The summed E-state index contributed by atoms with van der Waals surface area (Å²) >= 11 is 0. The molecule has 7 heteroatoms. The lowest BCUT2D eigenvalue weighted by Gasteiger charge is -2.30. The molecule has 1 aliphatic rings. The predicted octanol–water partition coefficient (Wildman–Crippen LogP) is 3.09. The van der Waals surface area contributed by atoms with Crippen LogP contribution >= 0.6 is 0 Å². The predicted molar refractivity (Wildman–Crippen MR) is 113 cm³/mol. The fourth-order valence-electron chi connectivity index (χ4n) is 3.46. The normalized spacial score (nSPS) is 15.3. The van der Waals surface area contributed by atoms with E-state index in [4.69, 9.17) is 4.74 Å². The van der Waals surface area contributed by atoms with Gasteiger partial charge in [0.1, 0.15) is 5.75 Å². The number of ether oxygens (including phenoxy) is 1. The average molecular weight is 417 g/mol. The molecule has 0 aromatic heterocycles. The second-order valence-electron chi connectivity index (χ2n) is 7.47. The number of nitrogens with one attached hydrogen (secondary N) is 1. The molecule has 0 spiro atoms. The number of rotatable bonds is 7. The molecular weight excluding hydrogens is 388 g/mol. The van der Waals surface area contributed by atoms with Crippen LogP contribution in [0.2, 0.25) is 0 Å². The van der Waals surface area contributed by atoms with E-state index in [0.717, 1.165) is 18.4 Å². The molecule has 156 valence electrons. The van der Waals surface area contributed by atoms with E-state index >= 15 is 0 Å². The van der Waals surface area contributed by atoms with Gasteiger partial charge in [-0.15, -0.1) is 0 Å². The Bertz CT molecular complexity index is 937. The number of nitrogens with zero attached hydrogens (tertiary/aromatic N) is 1. The van der Waals surface area contributed by atoms with Gasteiger partial charge < -0.3 is 9.64 Å². The van der Waals surface area contributed by atoms with Crippen molar-refractivity contribution in [2.75, 3.05) is 26.7 Å². The van der Waals surface area contributed by atoms with Crippen LogP contribution in [0.1, 0.15) is 35.7 Å². The van der Waals surface area contributed by atoms with Crippen molar-refractivity contribution >= 4 is 15.9 Å². The standard InChI is InChI=1S/C22H28N2O4S/c1-17-11-14-24(15-12-17)22(25)20-16-19(8-9-21(20)28-2)29(26,27)23-13-10-18-6-4-3-5-7-18/h3-9,16-17,23H,10-15H2,1-2H3. The van der Waals surface area contributed by atoms with Gasteiger partial charge in [0.05, 0.1) is 17.6 Å². The van der Waals surface area contributed by atoms with E-state index in [9.17, 15) is 13.2 Å². The first-order valence-corrected chi connectivity index (χ1v) is 11.4. The lowest BCUT2D eigenvalue weighted by molar-refractivity contribution is 0.0693. The molecule has 0 unspecified atom stereocenters. The van der Waals surface area contributed by atoms with Crippen LogP contribution < -0.4 is 9.46 Å². The Kier molecular flexibility index (Phi) is 6.92. The molecule has 3 rings (SSSR count). The van der Waals surface area contributed by atoms with Gasteiger partial charge in [0.15, 0.2) is 0 Å². The number of carbonyl (C=O) groups excluding carboxylic acids is 1. The van der Waals surface area contributed by atoms with E-state index in [-0.39, 0.29) is 22.9 Å². The second kappa shape index (κ2) is 9.41. The van der Waals surface area contributed by atoms with E-state index in [1.54, 1.807) is 11.0 Å². The summed E-state index contributed by atoms with van der Waals surface area (Å²) in [5.74, 6) is 0.799. The maximum Gasteiger partial charge on any atom is 0.257 e. The van der Waals surface area contributed by atoms with Crippen molar-refractivity contribution in [1.29, 1.82) is 0 Å². The number of hydrogen-bond donors (Lipinski definition) is 1. The molecule has 1 amide bonds. The topological polar surface area (TPSA) is 75.7 Å². The van der Waals surface area contributed by atoms with Gasteiger partial charge in [-0.25, -0.2) is 13.1 Å². The monoisotopic (exact) mass is 416 g/mol. The summed E-state index contributed by atoms with van der Waals surface area (Å²) in [4.78, 5) is 14.8. The largest absolute Gasteiger partial charge is 0.496 e. The smallest absolute Gasteiger partial charge is 0.257 e. The minimum absolute atomic E-state index is 0.0695. The van der Waals surface area contributed by atoms with Gasteiger partial charge in [-0.05, 0) is 48.9 Å². The fourth-order valence-corrected chi connectivity index (χ4v) is 4.52. The van der Waals surface area contributed by atoms with Crippen LogP contribution in [-0.4, -0.2) is 46.0 Å². The molecule has 0 saturated carbocycles. The molecule has 1 N–H and O–H groups in total. The molecule has 0 bridgehead atoms. The van der Waals surface area contributed by atoms with Gasteiger partial charge >= 0.3 is 0 Å². The Morgan fingerprint density at radius 3 is 2.48 bits per heavy atom. The highest BCUT2D eigenvalue weighted by Gasteiger charge is 2.26. The average Bonchev–Trinajstić information content (AvgIpc) is 2.74. The molecule has 0 aliphatic carbocycles. The SMILES string of the molecule is COc1ccc(S(=O)(=O)NCCc2ccccc2)cc1C(=O)N1CCC(C)CC1. The van der Waals surface area contributed by atoms with Crippen LogP contribution in [0, 0.1) is 5.92 Å². The van der Waals surface area contributed by atoms with E-state index < -0.39 is 10.0 Å². The maximum absolute atomic E-state index is 13.0. The zero-order valence-electron chi connectivity index (χ0n) is 16.9. The zero-order valence-corrected chi connectivity index (χ0v) is 17.7. The third-order valence-corrected chi connectivity index (χ3v) is 6.79. The highest BCUT2D eigenvalue weighted by Crippen LogP contribution is 2.26. The molecule has 0 radical (unpaired) electrons. The summed E-state index contributed by atoms with van der Waals surface area (Å²) in [5.41, 5.74) is 1.34. The van der Waals surface area contributed by atoms with Crippen molar-refractivity contribution in [3.8, 4) is 5.75 Å². The maximum atomic E-state index is 13.0. The molecule has 29 heavy (non-hydrogen) atoms. The number of sulfonamides is 1. The minimum atomic E-state index is -3.73. The number of likely N-dealkylation sites (tertiary alicyclic amines) is 1. The van der Waals surface area contributed by atoms with E-state index in [1.165, 1.54) is 19.2 Å². The van der Waals surface area contributed by atoms with E-state index in [1.807, 2.05) is 30.3 Å². The number of piperidine rings is 1. The third kappa shape index (κ3) is 5.36. The van der Waals surface area contributed by atoms with Crippen LogP contribution in [0.3, 0.4) is 0 Å². The molecular formula is C22H28N2O4S. The Morgan fingerprint density at radius 1 is 1.14 bits per heavy atom. The van der Waals surface area contributed by atoms with Gasteiger partial charge in [-0.3, -0.25) is 4.79 Å². The Hall–Kier alpha value is -2.38. The van der Waals surface area contributed by atoms with Crippen LogP contribution in [0.5, 0.6) is 5.75 Å². The van der Waals surface area contributed by atoms with E-state index in [0.29, 0.717) is 31.2 Å². The highest BCUT2D eigenvalue weighted by atomic mass is 32.2. The summed E-state index contributed by atoms with van der Waals surface area (Å²) in [6.07, 6.45) is 2.49. The Morgan fingerprint density at radius 2 is 1.83 bits per heavy atom. The van der Waals surface area contributed by atoms with Crippen molar-refractivity contribution in [3.05, 3.63) is 59.7 Å². The molecule has 2 aromatic rings. The number of benzene rings is 2. The van der Waals surface area contributed by atoms with Crippen LogP contribution in [-0.2, 0) is 16.4 Å². The lowest BCUT2D eigenvalue weighted by atomic mass is 9.98. The Balaban J connectivity index is 1.75. The third-order valence-electron chi connectivity index (χ3n) is 5.33. The van der Waals surface area contributed by atoms with Crippen molar-refractivity contribution in [2.45, 2.75) is 31.1 Å². The number of hydrogen-bond acceptors (Lipinski definition) is 4. The first-order chi connectivity index (χ1) is 13.9. The van der Waals surface area contributed by atoms with Crippen molar-refractivity contribution in [2.24, 2.45) is 5.92 Å². The van der Waals surface area contributed by atoms with Crippen molar-refractivity contribution in [3.63, 3.8) is 0 Å². The number of methoxy groups -OCH3 is 1. The Labute approximate surface area is 172 Å². The van der Waals surface area contributed by atoms with Gasteiger partial charge in [0.2, 0.25) is 10.0 Å². The minimum Gasteiger partial charge on any atom is -0.496 e. The number of carbonyl (C=O) groups is 1. The summed E-state index contributed by atoms with van der Waals surface area (Å²) in [6, 6.07) is 14.1. The molecule has 0 atom stereocenters. The van der Waals surface area contributed by atoms with Gasteiger partial charge in [0.25, 0.3) is 5.91 Å². The van der Waals surface area contributed by atoms with Crippen molar-refractivity contribution in [1.82, 2.24) is 9.62 Å². The lowest BCUT2D eigenvalue weighted by Crippen LogP contribution is -2.38. The van der Waals surface area contributed by atoms with Gasteiger partial charge in [-0.2, -0.15) is 0 Å². The quantitative estimate of drug-likeness (QED) is 0.753. The first-order valence-electron chi connectivity index (χ1n) is 9.91. The van der Waals surface area contributed by atoms with E-state index in [2.05, 4.69) is 11.6 Å². The molecule has 1 fully saturated rings. The fraction of sp³-hybridized carbons (Fsp3) is 0.409. The molecule has 6 nitrogen and oxygen atoms in total. The molecule has 1 heterocycles. The van der Waals surface area contributed by atoms with Crippen LogP contribution in [0.15, 0.2) is 53.4 Å². The summed E-state index contributed by atoms with van der Waals surface area (Å²) in [6.45, 7) is 3.81. The summed E-state index contributed by atoms with van der Waals surface area (Å²) < 4.78 is 33.4. The summed E-state index contributed by atoms with van der Waals surface area (Å²) in [5, 5.41) is 0. The molecule has 1 saturated heterocycles. The van der Waals surface area contributed by atoms with Crippen LogP contribution in [0.4, 0.5) is 0 Å².